The monoisotopic (exact) mass is 735 g/mol. The summed E-state index contributed by atoms with van der Waals surface area (Å²) in [5.74, 6) is 0. The standard InChI is InChI=1S/C42H86O7S/c1-5-7-9-11-13-15-17-19-21-23-25-27-29-31-33-35-37-39-42(44,41(4,40(3)43)48-49-50(45,46)47)38-36-34-32-30-28-26-24-22-20-18-16-14-12-10-8-6-2/h40,43-44H,5-39H2,1-4H3,(H,45,46,47). The van der Waals surface area contributed by atoms with Gasteiger partial charge in [-0.2, -0.15) is 8.42 Å². The van der Waals surface area contributed by atoms with Crippen LogP contribution in [0.4, 0.5) is 0 Å². The molecule has 0 aliphatic rings. The third-order valence-corrected chi connectivity index (χ3v) is 11.4. The summed E-state index contributed by atoms with van der Waals surface area (Å²) in [5, 5.41) is 22.5. The van der Waals surface area contributed by atoms with Crippen molar-refractivity contribution in [2.75, 3.05) is 0 Å². The van der Waals surface area contributed by atoms with Gasteiger partial charge in [-0.15, -0.1) is 0 Å². The van der Waals surface area contributed by atoms with E-state index in [2.05, 4.69) is 18.2 Å². The van der Waals surface area contributed by atoms with Crippen LogP contribution in [0.5, 0.6) is 0 Å². The van der Waals surface area contributed by atoms with E-state index in [-0.39, 0.29) is 0 Å². The summed E-state index contributed by atoms with van der Waals surface area (Å²) < 4.78 is 36.1. The summed E-state index contributed by atoms with van der Waals surface area (Å²) in [4.78, 5) is 5.15. The zero-order valence-corrected chi connectivity index (χ0v) is 34.5. The summed E-state index contributed by atoms with van der Waals surface area (Å²) in [7, 11) is -4.90. The van der Waals surface area contributed by atoms with Gasteiger partial charge in [-0.05, 0) is 26.7 Å². The van der Waals surface area contributed by atoms with Crippen LogP contribution in [0.25, 0.3) is 0 Å². The van der Waals surface area contributed by atoms with Crippen molar-refractivity contribution in [2.24, 2.45) is 0 Å². The van der Waals surface area contributed by atoms with Gasteiger partial charge in [0.25, 0.3) is 0 Å². The fourth-order valence-electron chi connectivity index (χ4n) is 7.38. The molecule has 0 aliphatic heterocycles. The summed E-state index contributed by atoms with van der Waals surface area (Å²) in [6.07, 6.45) is 41.2. The number of unbranched alkanes of at least 4 members (excludes halogenated alkanes) is 31. The molecular weight excluding hydrogens is 649 g/mol. The molecule has 50 heavy (non-hydrogen) atoms. The molecule has 8 heteroatoms. The molecular formula is C42H86O7S. The quantitative estimate of drug-likeness (QED) is 0.0248. The van der Waals surface area contributed by atoms with Gasteiger partial charge in [-0.1, -0.05) is 230 Å². The molecule has 3 atom stereocenters. The average molecular weight is 735 g/mol. The van der Waals surface area contributed by atoms with E-state index in [9.17, 15) is 18.6 Å². The summed E-state index contributed by atoms with van der Waals surface area (Å²) in [6, 6.07) is 0. The van der Waals surface area contributed by atoms with E-state index in [4.69, 9.17) is 9.44 Å². The van der Waals surface area contributed by atoms with Crippen molar-refractivity contribution in [1.29, 1.82) is 0 Å². The van der Waals surface area contributed by atoms with Crippen LogP contribution in [-0.4, -0.2) is 40.5 Å². The van der Waals surface area contributed by atoms with Crippen LogP contribution in [0.2, 0.25) is 0 Å². The smallest absolute Gasteiger partial charge is 0.390 e. The predicted molar refractivity (Wildman–Crippen MR) is 212 cm³/mol. The molecule has 0 aromatic heterocycles. The van der Waals surface area contributed by atoms with Crippen LogP contribution in [0.3, 0.4) is 0 Å². The second kappa shape index (κ2) is 33.3. The van der Waals surface area contributed by atoms with Gasteiger partial charge in [-0.3, -0.25) is 4.55 Å². The lowest BCUT2D eigenvalue weighted by Crippen LogP contribution is -2.60. The maximum Gasteiger partial charge on any atom is 0.424 e. The fraction of sp³-hybridized carbons (Fsp3) is 1.00. The van der Waals surface area contributed by atoms with Crippen LogP contribution in [0.15, 0.2) is 0 Å². The van der Waals surface area contributed by atoms with Gasteiger partial charge in [0, 0.05) is 0 Å². The molecule has 0 aromatic rings. The Morgan fingerprint density at radius 2 is 0.700 bits per heavy atom. The third-order valence-electron chi connectivity index (χ3n) is 11.2. The van der Waals surface area contributed by atoms with Crippen molar-refractivity contribution in [3.8, 4) is 0 Å². The predicted octanol–water partition coefficient (Wildman–Crippen LogP) is 13.3. The van der Waals surface area contributed by atoms with E-state index in [0.717, 1.165) is 38.5 Å². The third kappa shape index (κ3) is 28.3. The zero-order chi connectivity index (χ0) is 37.2. The molecule has 0 heterocycles. The maximum atomic E-state index is 11.9. The first kappa shape index (κ1) is 49.8. The molecule has 0 rings (SSSR count). The van der Waals surface area contributed by atoms with Crippen molar-refractivity contribution in [3.63, 3.8) is 0 Å². The molecule has 7 nitrogen and oxygen atoms in total. The van der Waals surface area contributed by atoms with E-state index < -0.39 is 27.7 Å². The molecule has 0 bridgehead atoms. The van der Waals surface area contributed by atoms with Gasteiger partial charge >= 0.3 is 10.4 Å². The summed E-state index contributed by atoms with van der Waals surface area (Å²) in [6.45, 7) is 7.47. The van der Waals surface area contributed by atoms with Crippen LogP contribution in [0.1, 0.15) is 252 Å². The highest BCUT2D eigenvalue weighted by Crippen LogP contribution is 2.39. The van der Waals surface area contributed by atoms with Gasteiger partial charge in [0.05, 0.1) is 11.7 Å². The van der Waals surface area contributed by atoms with Gasteiger partial charge < -0.3 is 10.2 Å². The Labute approximate surface area is 311 Å². The second-order valence-electron chi connectivity index (χ2n) is 15.9. The van der Waals surface area contributed by atoms with Gasteiger partial charge in [0.2, 0.25) is 0 Å². The highest BCUT2D eigenvalue weighted by atomic mass is 32.3. The largest absolute Gasteiger partial charge is 0.424 e. The summed E-state index contributed by atoms with van der Waals surface area (Å²) in [5.41, 5.74) is -3.22. The van der Waals surface area contributed by atoms with Crippen LogP contribution >= 0.6 is 0 Å². The Morgan fingerprint density at radius 1 is 0.480 bits per heavy atom. The molecule has 0 aromatic carbocycles. The van der Waals surface area contributed by atoms with E-state index in [1.54, 1.807) is 0 Å². The highest BCUT2D eigenvalue weighted by molar-refractivity contribution is 7.80. The molecule has 0 saturated heterocycles. The van der Waals surface area contributed by atoms with Crippen molar-refractivity contribution >= 4 is 10.4 Å². The molecule has 0 radical (unpaired) electrons. The van der Waals surface area contributed by atoms with E-state index >= 15 is 0 Å². The topological polar surface area (TPSA) is 113 Å². The number of aliphatic hydroxyl groups excluding tert-OH is 1. The number of hydrogen-bond donors (Lipinski definition) is 3. The Balaban J connectivity index is 4.35. The lowest BCUT2D eigenvalue weighted by atomic mass is 9.74. The van der Waals surface area contributed by atoms with Gasteiger partial charge in [0.1, 0.15) is 0 Å². The fourth-order valence-corrected chi connectivity index (χ4v) is 7.61. The maximum absolute atomic E-state index is 11.9. The van der Waals surface area contributed by atoms with Crippen molar-refractivity contribution in [2.45, 2.75) is 270 Å². The second-order valence-corrected chi connectivity index (χ2v) is 16.8. The minimum atomic E-state index is -4.90. The van der Waals surface area contributed by atoms with Crippen LogP contribution < -0.4 is 0 Å². The lowest BCUT2D eigenvalue weighted by molar-refractivity contribution is -0.358. The number of rotatable bonds is 40. The minimum Gasteiger partial charge on any atom is -0.390 e. The minimum absolute atomic E-state index is 0.362. The van der Waals surface area contributed by atoms with Crippen molar-refractivity contribution < 1.29 is 32.4 Å². The Bertz CT molecular complexity index is 821. The molecule has 302 valence electrons. The Hall–Kier alpha value is -0.250. The van der Waals surface area contributed by atoms with Gasteiger partial charge in [-0.25, -0.2) is 4.89 Å². The first-order valence-electron chi connectivity index (χ1n) is 21.8. The molecule has 0 saturated carbocycles. The number of aliphatic hydroxyl groups is 2. The average Bonchev–Trinajstić information content (AvgIpc) is 3.07. The normalized spacial score (nSPS) is 15.3. The van der Waals surface area contributed by atoms with Crippen LogP contribution in [-0.2, 0) is 19.6 Å². The van der Waals surface area contributed by atoms with E-state index in [1.807, 2.05) is 0 Å². The molecule has 0 fully saturated rings. The van der Waals surface area contributed by atoms with E-state index in [0.29, 0.717) is 12.8 Å². The summed E-state index contributed by atoms with van der Waals surface area (Å²) >= 11 is 0. The first-order valence-corrected chi connectivity index (χ1v) is 23.1. The molecule has 0 spiro atoms. The molecule has 3 N–H and O–H groups in total. The SMILES string of the molecule is CCCCCCCCCCCCCCCCCCCC(O)(CCCCCCCCCCCCCCCCCC)C(C)(OOS(=O)(=O)O)C(C)O. The first-order chi connectivity index (χ1) is 24.0. The Morgan fingerprint density at radius 3 is 0.900 bits per heavy atom. The lowest BCUT2D eigenvalue weighted by Gasteiger charge is -2.45. The zero-order valence-electron chi connectivity index (χ0n) is 33.7. The van der Waals surface area contributed by atoms with Crippen molar-refractivity contribution in [1.82, 2.24) is 0 Å². The van der Waals surface area contributed by atoms with Gasteiger partial charge in [0.15, 0.2) is 5.60 Å². The Kier molecular flexibility index (Phi) is 33.2. The molecule has 0 amide bonds. The number of hydrogen-bond acceptors (Lipinski definition) is 6. The van der Waals surface area contributed by atoms with Crippen molar-refractivity contribution in [3.05, 3.63) is 0 Å². The molecule has 3 unspecified atom stereocenters. The van der Waals surface area contributed by atoms with Crippen LogP contribution in [0, 0.1) is 0 Å². The molecule has 0 aliphatic carbocycles. The van der Waals surface area contributed by atoms with E-state index in [1.165, 1.54) is 187 Å². The highest BCUT2D eigenvalue weighted by Gasteiger charge is 2.52.